The van der Waals surface area contributed by atoms with Crippen LogP contribution in [0.15, 0.2) is 36.4 Å². The Labute approximate surface area is 101 Å². The van der Waals surface area contributed by atoms with Crippen LogP contribution < -0.4 is 0 Å². The number of aliphatic carboxylic acids is 1. The number of allylic oxidation sites excluding steroid dienone is 1. The Bertz CT molecular complexity index is 408. The van der Waals surface area contributed by atoms with Gasteiger partial charge in [-0.3, -0.25) is 0 Å². The van der Waals surface area contributed by atoms with E-state index in [1.165, 1.54) is 6.08 Å². The summed E-state index contributed by atoms with van der Waals surface area (Å²) in [5.41, 5.74) is 0.813. The van der Waals surface area contributed by atoms with Crippen LogP contribution in [0.5, 0.6) is 0 Å². The quantitative estimate of drug-likeness (QED) is 0.815. The number of hydrogen-bond donors (Lipinski definition) is 1. The molecule has 0 spiro atoms. The van der Waals surface area contributed by atoms with E-state index in [9.17, 15) is 4.79 Å². The van der Waals surface area contributed by atoms with Crippen molar-refractivity contribution in [3.63, 3.8) is 0 Å². The van der Waals surface area contributed by atoms with Crippen molar-refractivity contribution in [2.24, 2.45) is 5.41 Å². The maximum Gasteiger partial charge on any atom is 0.327 e. The molecule has 1 aromatic carbocycles. The SMILES string of the molecule is CC(C)(/C=C/C(=O)O)Cc1ccccc1Cl. The first-order valence-electron chi connectivity index (χ1n) is 5.06. The lowest BCUT2D eigenvalue weighted by Gasteiger charge is -2.20. The first-order valence-corrected chi connectivity index (χ1v) is 5.44. The second-order valence-electron chi connectivity index (χ2n) is 4.43. The lowest BCUT2D eigenvalue weighted by molar-refractivity contribution is -0.131. The molecule has 86 valence electrons. The molecule has 2 nitrogen and oxygen atoms in total. The minimum Gasteiger partial charge on any atom is -0.478 e. The molecule has 16 heavy (non-hydrogen) atoms. The van der Waals surface area contributed by atoms with Crippen LogP contribution in [-0.4, -0.2) is 11.1 Å². The average Bonchev–Trinajstić information content (AvgIpc) is 2.19. The van der Waals surface area contributed by atoms with E-state index in [1.54, 1.807) is 6.08 Å². The Balaban J connectivity index is 2.80. The Hall–Kier alpha value is -1.28. The van der Waals surface area contributed by atoms with Gasteiger partial charge >= 0.3 is 5.97 Å². The zero-order chi connectivity index (χ0) is 12.2. The molecule has 0 aliphatic rings. The van der Waals surface area contributed by atoms with Gasteiger partial charge in [0.15, 0.2) is 0 Å². The van der Waals surface area contributed by atoms with E-state index in [-0.39, 0.29) is 5.41 Å². The maximum atomic E-state index is 10.5. The molecule has 3 heteroatoms. The van der Waals surface area contributed by atoms with E-state index in [4.69, 9.17) is 16.7 Å². The molecular formula is C13H15ClO2. The number of carbonyl (C=O) groups is 1. The summed E-state index contributed by atoms with van der Waals surface area (Å²) in [4.78, 5) is 10.5. The largest absolute Gasteiger partial charge is 0.478 e. The first kappa shape index (κ1) is 12.8. The smallest absolute Gasteiger partial charge is 0.327 e. The van der Waals surface area contributed by atoms with E-state index < -0.39 is 5.97 Å². The summed E-state index contributed by atoms with van der Waals surface area (Å²) in [6.45, 7) is 3.96. The lowest BCUT2D eigenvalue weighted by Crippen LogP contribution is -2.12. The van der Waals surface area contributed by atoms with Crippen molar-refractivity contribution < 1.29 is 9.90 Å². The number of benzene rings is 1. The van der Waals surface area contributed by atoms with Crippen LogP contribution in [0.3, 0.4) is 0 Å². The lowest BCUT2D eigenvalue weighted by atomic mass is 9.85. The van der Waals surface area contributed by atoms with Gasteiger partial charge in [-0.15, -0.1) is 0 Å². The molecular weight excluding hydrogens is 224 g/mol. The Kier molecular flexibility index (Phi) is 4.13. The van der Waals surface area contributed by atoms with Crippen molar-refractivity contribution in [3.05, 3.63) is 47.0 Å². The number of halogens is 1. The fourth-order valence-corrected chi connectivity index (χ4v) is 1.69. The van der Waals surface area contributed by atoms with Gasteiger partial charge in [-0.25, -0.2) is 4.79 Å². The molecule has 0 amide bonds. The molecule has 0 saturated heterocycles. The summed E-state index contributed by atoms with van der Waals surface area (Å²) in [5.74, 6) is -0.924. The molecule has 0 atom stereocenters. The molecule has 1 aromatic rings. The average molecular weight is 239 g/mol. The summed E-state index contributed by atoms with van der Waals surface area (Å²) >= 11 is 6.05. The van der Waals surface area contributed by atoms with Gasteiger partial charge in [0.2, 0.25) is 0 Å². The highest BCUT2D eigenvalue weighted by molar-refractivity contribution is 6.31. The van der Waals surface area contributed by atoms with Crippen LogP contribution in [-0.2, 0) is 11.2 Å². The zero-order valence-corrected chi connectivity index (χ0v) is 10.2. The van der Waals surface area contributed by atoms with Crippen LogP contribution in [0.2, 0.25) is 5.02 Å². The molecule has 1 N–H and O–H groups in total. The highest BCUT2D eigenvalue weighted by Crippen LogP contribution is 2.27. The summed E-state index contributed by atoms with van der Waals surface area (Å²) in [6.07, 6.45) is 3.59. The highest BCUT2D eigenvalue weighted by Gasteiger charge is 2.16. The third-order valence-electron chi connectivity index (χ3n) is 2.28. The molecule has 0 aliphatic heterocycles. The molecule has 0 unspecified atom stereocenters. The van der Waals surface area contributed by atoms with Crippen LogP contribution in [0.25, 0.3) is 0 Å². The second-order valence-corrected chi connectivity index (χ2v) is 4.84. The van der Waals surface area contributed by atoms with Gasteiger partial charge in [0, 0.05) is 11.1 Å². The monoisotopic (exact) mass is 238 g/mol. The topological polar surface area (TPSA) is 37.3 Å². The van der Waals surface area contributed by atoms with Gasteiger partial charge in [-0.1, -0.05) is 49.7 Å². The van der Waals surface area contributed by atoms with Crippen molar-refractivity contribution in [1.82, 2.24) is 0 Å². The van der Waals surface area contributed by atoms with Gasteiger partial charge in [0.1, 0.15) is 0 Å². The third kappa shape index (κ3) is 4.07. The molecule has 0 saturated carbocycles. The van der Waals surface area contributed by atoms with Crippen LogP contribution in [0.4, 0.5) is 0 Å². The van der Waals surface area contributed by atoms with Crippen LogP contribution in [0.1, 0.15) is 19.4 Å². The minimum atomic E-state index is -0.924. The molecule has 0 aromatic heterocycles. The third-order valence-corrected chi connectivity index (χ3v) is 2.65. The Morgan fingerprint density at radius 2 is 2.06 bits per heavy atom. The summed E-state index contributed by atoms with van der Waals surface area (Å²) in [6, 6.07) is 7.61. The van der Waals surface area contributed by atoms with E-state index >= 15 is 0 Å². The molecule has 0 bridgehead atoms. The van der Waals surface area contributed by atoms with Crippen molar-refractivity contribution in [3.8, 4) is 0 Å². The van der Waals surface area contributed by atoms with E-state index in [1.807, 2.05) is 38.1 Å². The molecule has 0 radical (unpaired) electrons. The summed E-state index contributed by atoms with van der Waals surface area (Å²) in [5, 5.41) is 9.31. The second kappa shape index (κ2) is 5.17. The number of carboxylic acids is 1. The van der Waals surface area contributed by atoms with Crippen molar-refractivity contribution in [2.75, 3.05) is 0 Å². The van der Waals surface area contributed by atoms with Gasteiger partial charge in [-0.2, -0.15) is 0 Å². The predicted molar refractivity (Wildman–Crippen MR) is 65.7 cm³/mol. The summed E-state index contributed by atoms with van der Waals surface area (Å²) < 4.78 is 0. The Morgan fingerprint density at radius 1 is 1.44 bits per heavy atom. The fourth-order valence-electron chi connectivity index (χ4n) is 1.49. The fraction of sp³-hybridized carbons (Fsp3) is 0.308. The van der Waals surface area contributed by atoms with Crippen molar-refractivity contribution in [2.45, 2.75) is 20.3 Å². The van der Waals surface area contributed by atoms with Gasteiger partial charge in [-0.05, 0) is 23.5 Å². The Morgan fingerprint density at radius 3 is 2.62 bits per heavy atom. The van der Waals surface area contributed by atoms with Crippen LogP contribution in [0, 0.1) is 5.41 Å². The predicted octanol–water partition coefficient (Wildman–Crippen LogP) is 3.55. The van der Waals surface area contributed by atoms with E-state index in [2.05, 4.69) is 0 Å². The van der Waals surface area contributed by atoms with Gasteiger partial charge in [0.05, 0.1) is 0 Å². The van der Waals surface area contributed by atoms with E-state index in [0.29, 0.717) is 0 Å². The number of hydrogen-bond acceptors (Lipinski definition) is 1. The van der Waals surface area contributed by atoms with Gasteiger partial charge in [0.25, 0.3) is 0 Å². The zero-order valence-electron chi connectivity index (χ0n) is 9.40. The standard InChI is InChI=1S/C13H15ClO2/c1-13(2,8-7-12(15)16)9-10-5-3-4-6-11(10)14/h3-8H,9H2,1-2H3,(H,15,16)/b8-7+. The van der Waals surface area contributed by atoms with E-state index in [0.717, 1.165) is 17.0 Å². The number of rotatable bonds is 4. The molecule has 0 heterocycles. The summed E-state index contributed by atoms with van der Waals surface area (Å²) in [7, 11) is 0. The van der Waals surface area contributed by atoms with Crippen LogP contribution >= 0.6 is 11.6 Å². The maximum absolute atomic E-state index is 10.5. The molecule has 0 aliphatic carbocycles. The normalized spacial score (nSPS) is 11.9. The number of carboxylic acid groups (broad SMARTS) is 1. The van der Waals surface area contributed by atoms with Crippen molar-refractivity contribution >= 4 is 17.6 Å². The minimum absolute atomic E-state index is 0.219. The van der Waals surface area contributed by atoms with Crippen molar-refractivity contribution in [1.29, 1.82) is 0 Å². The van der Waals surface area contributed by atoms with Gasteiger partial charge < -0.3 is 5.11 Å². The molecule has 0 fully saturated rings. The highest BCUT2D eigenvalue weighted by atomic mass is 35.5. The first-order chi connectivity index (χ1) is 7.41. The molecule has 1 rings (SSSR count).